The van der Waals surface area contributed by atoms with E-state index in [4.69, 9.17) is 4.98 Å². The van der Waals surface area contributed by atoms with Crippen LogP contribution in [0.2, 0.25) is 0 Å². The van der Waals surface area contributed by atoms with Gasteiger partial charge < -0.3 is 15.3 Å². The van der Waals surface area contributed by atoms with Crippen LogP contribution in [0.5, 0.6) is 0 Å². The molecule has 144 valence electrons. The van der Waals surface area contributed by atoms with Crippen LogP contribution in [-0.4, -0.2) is 49.8 Å². The van der Waals surface area contributed by atoms with Gasteiger partial charge in [0.05, 0.1) is 24.4 Å². The molecule has 4 heterocycles. The van der Waals surface area contributed by atoms with Crippen molar-refractivity contribution in [3.05, 3.63) is 47.9 Å². The Morgan fingerprint density at radius 1 is 1.29 bits per heavy atom. The summed E-state index contributed by atoms with van der Waals surface area (Å²) in [6.45, 7) is 0.941. The van der Waals surface area contributed by atoms with Crippen LogP contribution in [0.25, 0.3) is 5.65 Å². The van der Waals surface area contributed by atoms with Gasteiger partial charge in [0, 0.05) is 30.6 Å². The van der Waals surface area contributed by atoms with Gasteiger partial charge in [0.1, 0.15) is 11.6 Å². The molecule has 0 bridgehead atoms. The van der Waals surface area contributed by atoms with E-state index < -0.39 is 0 Å². The van der Waals surface area contributed by atoms with Crippen molar-refractivity contribution < 1.29 is 9.90 Å². The topological polar surface area (TPSA) is 95.7 Å². The van der Waals surface area contributed by atoms with Gasteiger partial charge in [0.15, 0.2) is 5.65 Å². The van der Waals surface area contributed by atoms with Crippen LogP contribution in [0.4, 0.5) is 11.6 Å². The number of aliphatic hydroxyl groups excluding tert-OH is 1. The van der Waals surface area contributed by atoms with Gasteiger partial charge >= 0.3 is 0 Å². The molecule has 2 fully saturated rings. The fourth-order valence-electron chi connectivity index (χ4n) is 3.90. The van der Waals surface area contributed by atoms with E-state index in [1.54, 1.807) is 22.8 Å². The Labute approximate surface area is 162 Å². The van der Waals surface area contributed by atoms with E-state index in [9.17, 15) is 9.90 Å². The molecular weight excluding hydrogens is 356 g/mol. The lowest BCUT2D eigenvalue weighted by Gasteiger charge is -2.25. The molecule has 0 aromatic carbocycles. The molecule has 0 unspecified atom stereocenters. The molecule has 1 aliphatic heterocycles. The van der Waals surface area contributed by atoms with E-state index in [1.165, 1.54) is 6.20 Å². The quantitative estimate of drug-likeness (QED) is 0.707. The standard InChI is InChI=1S/C20H22N6O2/c27-12-15-4-2-8-25(15)17-9-18(24-20(28)14-3-1-7-21-10-14)26-19(23-17)16(11-22-26)13-5-6-13/h1,3,7,9-11,13,15,27H,2,4-6,8,12H2,(H,24,28)/t15-/m1/s1. The van der Waals surface area contributed by atoms with E-state index >= 15 is 0 Å². The zero-order valence-corrected chi connectivity index (χ0v) is 15.5. The second-order valence-electron chi connectivity index (χ2n) is 7.48. The Bertz CT molecular complexity index is 1010. The first-order valence-electron chi connectivity index (χ1n) is 9.72. The first-order valence-corrected chi connectivity index (χ1v) is 9.72. The number of pyridine rings is 1. The Hall–Kier alpha value is -3.00. The van der Waals surface area contributed by atoms with Crippen LogP contribution in [0.15, 0.2) is 36.8 Å². The Balaban J connectivity index is 1.57. The minimum Gasteiger partial charge on any atom is -0.394 e. The number of nitrogens with zero attached hydrogens (tertiary/aromatic N) is 5. The molecule has 0 spiro atoms. The predicted octanol–water partition coefficient (Wildman–Crippen LogP) is 2.22. The third-order valence-electron chi connectivity index (χ3n) is 5.55. The molecule has 28 heavy (non-hydrogen) atoms. The number of nitrogens with one attached hydrogen (secondary N) is 1. The summed E-state index contributed by atoms with van der Waals surface area (Å²) < 4.78 is 1.70. The second kappa shape index (κ2) is 6.87. The second-order valence-corrected chi connectivity index (χ2v) is 7.48. The van der Waals surface area contributed by atoms with Crippen molar-refractivity contribution in [2.45, 2.75) is 37.6 Å². The molecule has 2 aliphatic rings. The highest BCUT2D eigenvalue weighted by atomic mass is 16.3. The molecule has 1 atom stereocenters. The summed E-state index contributed by atoms with van der Waals surface area (Å²) in [5.74, 6) is 1.60. The van der Waals surface area contributed by atoms with Crippen LogP contribution in [-0.2, 0) is 0 Å². The summed E-state index contributed by atoms with van der Waals surface area (Å²) in [6, 6.07) is 5.36. The largest absolute Gasteiger partial charge is 0.394 e. The average molecular weight is 378 g/mol. The molecule has 1 amide bonds. The number of carbonyl (C=O) groups excluding carboxylic acids is 1. The third-order valence-corrected chi connectivity index (χ3v) is 5.55. The van der Waals surface area contributed by atoms with E-state index in [-0.39, 0.29) is 18.6 Å². The smallest absolute Gasteiger partial charge is 0.258 e. The van der Waals surface area contributed by atoms with Crippen molar-refractivity contribution in [3.63, 3.8) is 0 Å². The normalized spacial score (nSPS) is 19.3. The van der Waals surface area contributed by atoms with Crippen LogP contribution in [0.1, 0.15) is 47.5 Å². The SMILES string of the molecule is O=C(Nc1cc(N2CCC[C@@H]2CO)nc2c(C3CC3)cnn12)c1cccnc1. The van der Waals surface area contributed by atoms with Crippen molar-refractivity contribution in [1.82, 2.24) is 19.6 Å². The molecular formula is C20H22N6O2. The summed E-state index contributed by atoms with van der Waals surface area (Å²) >= 11 is 0. The maximum atomic E-state index is 12.7. The molecule has 3 aromatic rings. The minimum absolute atomic E-state index is 0.0594. The maximum Gasteiger partial charge on any atom is 0.258 e. The number of rotatable bonds is 5. The van der Waals surface area contributed by atoms with Crippen molar-refractivity contribution in [3.8, 4) is 0 Å². The predicted molar refractivity (Wildman–Crippen MR) is 105 cm³/mol. The van der Waals surface area contributed by atoms with Gasteiger partial charge in [-0.1, -0.05) is 0 Å². The third kappa shape index (κ3) is 2.99. The molecule has 0 radical (unpaired) electrons. The number of anilines is 2. The maximum absolute atomic E-state index is 12.7. The van der Waals surface area contributed by atoms with Gasteiger partial charge in [-0.2, -0.15) is 9.61 Å². The van der Waals surface area contributed by atoms with Gasteiger partial charge in [-0.05, 0) is 43.7 Å². The molecule has 1 saturated heterocycles. The highest BCUT2D eigenvalue weighted by Crippen LogP contribution is 2.42. The van der Waals surface area contributed by atoms with Gasteiger partial charge in [-0.25, -0.2) is 4.98 Å². The fourth-order valence-corrected chi connectivity index (χ4v) is 3.90. The Morgan fingerprint density at radius 3 is 2.93 bits per heavy atom. The summed E-state index contributed by atoms with van der Waals surface area (Å²) in [6.07, 6.45) is 9.28. The first kappa shape index (κ1) is 17.1. The monoisotopic (exact) mass is 378 g/mol. The Morgan fingerprint density at radius 2 is 2.18 bits per heavy atom. The van der Waals surface area contributed by atoms with Crippen LogP contribution >= 0.6 is 0 Å². The molecule has 8 heteroatoms. The molecule has 5 rings (SSSR count). The molecule has 1 saturated carbocycles. The zero-order chi connectivity index (χ0) is 19.1. The Kier molecular flexibility index (Phi) is 4.20. The van der Waals surface area contributed by atoms with Crippen LogP contribution in [0.3, 0.4) is 0 Å². The molecule has 2 N–H and O–H groups in total. The van der Waals surface area contributed by atoms with Crippen LogP contribution in [0, 0.1) is 0 Å². The van der Waals surface area contributed by atoms with Gasteiger partial charge in [-0.15, -0.1) is 0 Å². The van der Waals surface area contributed by atoms with Crippen molar-refractivity contribution >= 4 is 23.2 Å². The fraction of sp³-hybridized carbons (Fsp3) is 0.400. The molecule has 3 aromatic heterocycles. The summed E-state index contributed by atoms with van der Waals surface area (Å²) in [5, 5.41) is 17.2. The lowest BCUT2D eigenvalue weighted by Crippen LogP contribution is -2.33. The summed E-state index contributed by atoms with van der Waals surface area (Å²) in [7, 11) is 0. The summed E-state index contributed by atoms with van der Waals surface area (Å²) in [4.78, 5) is 23.7. The average Bonchev–Trinajstić information content (AvgIpc) is 3.29. The van der Waals surface area contributed by atoms with Crippen molar-refractivity contribution in [1.29, 1.82) is 0 Å². The van der Waals surface area contributed by atoms with E-state index in [0.29, 0.717) is 17.3 Å². The summed E-state index contributed by atoms with van der Waals surface area (Å²) in [5.41, 5.74) is 2.39. The number of aliphatic hydroxyl groups is 1. The van der Waals surface area contributed by atoms with Crippen LogP contribution < -0.4 is 10.2 Å². The number of aromatic nitrogens is 4. The zero-order valence-electron chi connectivity index (χ0n) is 15.5. The lowest BCUT2D eigenvalue weighted by atomic mass is 10.2. The number of hydrogen-bond acceptors (Lipinski definition) is 6. The van der Waals surface area contributed by atoms with Crippen molar-refractivity contribution in [2.24, 2.45) is 0 Å². The minimum atomic E-state index is -0.241. The molecule has 1 aliphatic carbocycles. The number of amides is 1. The van der Waals surface area contributed by atoms with E-state index in [2.05, 4.69) is 20.3 Å². The lowest BCUT2D eigenvalue weighted by molar-refractivity contribution is 0.102. The van der Waals surface area contributed by atoms with E-state index in [0.717, 1.165) is 49.3 Å². The van der Waals surface area contributed by atoms with Gasteiger partial charge in [0.25, 0.3) is 5.91 Å². The highest BCUT2D eigenvalue weighted by Gasteiger charge is 2.30. The highest BCUT2D eigenvalue weighted by molar-refractivity contribution is 6.03. The van der Waals surface area contributed by atoms with Gasteiger partial charge in [-0.3, -0.25) is 9.78 Å². The van der Waals surface area contributed by atoms with E-state index in [1.807, 2.05) is 12.3 Å². The van der Waals surface area contributed by atoms with Gasteiger partial charge in [0.2, 0.25) is 0 Å². The number of fused-ring (bicyclic) bond motifs is 1. The van der Waals surface area contributed by atoms with Crippen molar-refractivity contribution in [2.75, 3.05) is 23.4 Å². The first-order chi connectivity index (χ1) is 13.7. The number of hydrogen-bond donors (Lipinski definition) is 2. The molecule has 8 nitrogen and oxygen atoms in total. The number of carbonyl (C=O) groups is 1.